The Hall–Kier alpha value is -1.07. The molecule has 5 heteroatoms. The van der Waals surface area contributed by atoms with Crippen LogP contribution in [0.5, 0.6) is 5.75 Å². The van der Waals surface area contributed by atoms with Crippen molar-refractivity contribution in [3.8, 4) is 5.75 Å². The maximum absolute atomic E-state index is 11.5. The van der Waals surface area contributed by atoms with Crippen molar-refractivity contribution in [2.75, 3.05) is 13.2 Å². The van der Waals surface area contributed by atoms with E-state index >= 15 is 0 Å². The predicted molar refractivity (Wildman–Crippen MR) is 71.3 cm³/mol. The molecule has 1 aliphatic rings. The Bertz CT molecular complexity index is 432. The molecule has 1 saturated carbocycles. The van der Waals surface area contributed by atoms with Crippen molar-refractivity contribution < 1.29 is 14.6 Å². The van der Waals surface area contributed by atoms with Crippen LogP contribution in [0.15, 0.2) is 22.7 Å². The fourth-order valence-electron chi connectivity index (χ4n) is 1.59. The number of aliphatic hydroxyl groups excluding tert-OH is 1. The molecule has 1 fully saturated rings. The molecule has 1 aliphatic carbocycles. The number of carbonyl (C=O) groups is 1. The van der Waals surface area contributed by atoms with Gasteiger partial charge in [0.15, 0.2) is 6.61 Å². The van der Waals surface area contributed by atoms with Crippen LogP contribution in [0.1, 0.15) is 18.4 Å². The van der Waals surface area contributed by atoms with Gasteiger partial charge in [0.05, 0.1) is 6.61 Å². The molecule has 0 saturated heterocycles. The first kappa shape index (κ1) is 13.4. The Morgan fingerprint density at radius 3 is 2.94 bits per heavy atom. The zero-order valence-electron chi connectivity index (χ0n) is 9.99. The van der Waals surface area contributed by atoms with Crippen LogP contribution in [0.2, 0.25) is 0 Å². The summed E-state index contributed by atoms with van der Waals surface area (Å²) in [6, 6.07) is 5.33. The first-order valence-electron chi connectivity index (χ1n) is 5.98. The van der Waals surface area contributed by atoms with Crippen molar-refractivity contribution in [2.45, 2.75) is 19.4 Å². The molecule has 1 aromatic carbocycles. The van der Waals surface area contributed by atoms with Crippen LogP contribution >= 0.6 is 15.9 Å². The number of rotatable bonds is 6. The lowest BCUT2D eigenvalue weighted by molar-refractivity contribution is -0.123. The van der Waals surface area contributed by atoms with Crippen LogP contribution < -0.4 is 10.1 Å². The lowest BCUT2D eigenvalue weighted by Crippen LogP contribution is -2.30. The van der Waals surface area contributed by atoms with Gasteiger partial charge in [-0.3, -0.25) is 4.79 Å². The van der Waals surface area contributed by atoms with Gasteiger partial charge in [-0.05, 0) is 37.0 Å². The van der Waals surface area contributed by atoms with Crippen molar-refractivity contribution in [1.82, 2.24) is 5.32 Å². The SMILES string of the molecule is O=C(COc1ccc(Br)cc1CO)NCC1CC1. The maximum Gasteiger partial charge on any atom is 0.257 e. The molecule has 2 N–H and O–H groups in total. The van der Waals surface area contributed by atoms with Gasteiger partial charge in [-0.25, -0.2) is 0 Å². The summed E-state index contributed by atoms with van der Waals surface area (Å²) in [4.78, 5) is 11.5. The fraction of sp³-hybridized carbons (Fsp3) is 0.462. The summed E-state index contributed by atoms with van der Waals surface area (Å²) in [6.45, 7) is 0.620. The van der Waals surface area contributed by atoms with Crippen molar-refractivity contribution in [3.63, 3.8) is 0 Å². The molecule has 0 unspecified atom stereocenters. The normalized spacial score (nSPS) is 14.3. The average molecular weight is 314 g/mol. The van der Waals surface area contributed by atoms with Gasteiger partial charge in [0.2, 0.25) is 0 Å². The molecular formula is C13H16BrNO3. The standard InChI is InChI=1S/C13H16BrNO3/c14-11-3-4-12(10(5-11)7-16)18-8-13(17)15-6-9-1-2-9/h3-5,9,16H,1-2,6-8H2,(H,15,17). The Morgan fingerprint density at radius 2 is 2.28 bits per heavy atom. The maximum atomic E-state index is 11.5. The molecular weight excluding hydrogens is 298 g/mol. The van der Waals surface area contributed by atoms with E-state index in [1.54, 1.807) is 12.1 Å². The third kappa shape index (κ3) is 3.99. The van der Waals surface area contributed by atoms with E-state index < -0.39 is 0 Å². The van der Waals surface area contributed by atoms with E-state index in [1.165, 1.54) is 12.8 Å². The summed E-state index contributed by atoms with van der Waals surface area (Å²) in [5.74, 6) is 1.09. The molecule has 18 heavy (non-hydrogen) atoms. The molecule has 0 atom stereocenters. The molecule has 1 amide bonds. The summed E-state index contributed by atoms with van der Waals surface area (Å²) in [5, 5.41) is 12.0. The van der Waals surface area contributed by atoms with Gasteiger partial charge in [-0.2, -0.15) is 0 Å². The largest absolute Gasteiger partial charge is 0.483 e. The minimum atomic E-state index is -0.117. The van der Waals surface area contributed by atoms with Crippen LogP contribution in [-0.4, -0.2) is 24.2 Å². The molecule has 4 nitrogen and oxygen atoms in total. The van der Waals surface area contributed by atoms with Crippen LogP contribution in [0.25, 0.3) is 0 Å². The van der Waals surface area contributed by atoms with Crippen LogP contribution in [0.4, 0.5) is 0 Å². The minimum absolute atomic E-state index is 0.0125. The number of benzene rings is 1. The molecule has 0 aliphatic heterocycles. The van der Waals surface area contributed by atoms with Gasteiger partial charge >= 0.3 is 0 Å². The Kier molecular flexibility index (Phi) is 4.60. The zero-order valence-corrected chi connectivity index (χ0v) is 11.6. The minimum Gasteiger partial charge on any atom is -0.483 e. The summed E-state index contributed by atoms with van der Waals surface area (Å²) < 4.78 is 6.28. The smallest absolute Gasteiger partial charge is 0.257 e. The highest BCUT2D eigenvalue weighted by molar-refractivity contribution is 9.10. The van der Waals surface area contributed by atoms with Crippen LogP contribution in [0, 0.1) is 5.92 Å². The van der Waals surface area contributed by atoms with Crippen LogP contribution in [-0.2, 0) is 11.4 Å². The van der Waals surface area contributed by atoms with Gasteiger partial charge in [-0.15, -0.1) is 0 Å². The topological polar surface area (TPSA) is 58.6 Å². The number of hydrogen-bond donors (Lipinski definition) is 2. The van der Waals surface area contributed by atoms with Gasteiger partial charge in [0.25, 0.3) is 5.91 Å². The average Bonchev–Trinajstić information content (AvgIpc) is 3.18. The first-order chi connectivity index (χ1) is 8.69. The van der Waals surface area contributed by atoms with Gasteiger partial charge < -0.3 is 15.2 Å². The second-order valence-corrected chi connectivity index (χ2v) is 5.36. The highest BCUT2D eigenvalue weighted by atomic mass is 79.9. The second-order valence-electron chi connectivity index (χ2n) is 4.45. The van der Waals surface area contributed by atoms with Gasteiger partial charge in [-0.1, -0.05) is 15.9 Å². The summed E-state index contributed by atoms with van der Waals surface area (Å²) in [7, 11) is 0. The van der Waals surface area contributed by atoms with E-state index in [4.69, 9.17) is 4.74 Å². The van der Waals surface area contributed by atoms with E-state index in [-0.39, 0.29) is 19.1 Å². The van der Waals surface area contributed by atoms with Crippen molar-refractivity contribution in [2.24, 2.45) is 5.92 Å². The number of ether oxygens (including phenoxy) is 1. The zero-order chi connectivity index (χ0) is 13.0. The number of amides is 1. The predicted octanol–water partition coefficient (Wildman–Crippen LogP) is 1.85. The highest BCUT2D eigenvalue weighted by Gasteiger charge is 2.21. The Labute approximate surface area is 114 Å². The summed E-state index contributed by atoms with van der Waals surface area (Å²) in [6.07, 6.45) is 2.42. The van der Waals surface area contributed by atoms with Gasteiger partial charge in [0.1, 0.15) is 5.75 Å². The summed E-state index contributed by atoms with van der Waals surface area (Å²) in [5.41, 5.74) is 0.666. The fourth-order valence-corrected chi connectivity index (χ4v) is 2.00. The van der Waals surface area contributed by atoms with E-state index in [1.807, 2.05) is 6.07 Å². The quantitative estimate of drug-likeness (QED) is 0.842. The highest BCUT2D eigenvalue weighted by Crippen LogP contribution is 2.27. The molecule has 0 heterocycles. The number of carbonyl (C=O) groups excluding carboxylic acids is 1. The molecule has 98 valence electrons. The lowest BCUT2D eigenvalue weighted by Gasteiger charge is -2.10. The monoisotopic (exact) mass is 313 g/mol. The lowest BCUT2D eigenvalue weighted by atomic mass is 10.2. The molecule has 1 aromatic rings. The van der Waals surface area contributed by atoms with E-state index in [0.29, 0.717) is 17.2 Å². The van der Waals surface area contributed by atoms with Crippen LogP contribution in [0.3, 0.4) is 0 Å². The van der Waals surface area contributed by atoms with Crippen molar-refractivity contribution >= 4 is 21.8 Å². The van der Waals surface area contributed by atoms with Crippen molar-refractivity contribution in [3.05, 3.63) is 28.2 Å². The number of hydrogen-bond acceptors (Lipinski definition) is 3. The first-order valence-corrected chi connectivity index (χ1v) is 6.77. The van der Waals surface area contributed by atoms with E-state index in [0.717, 1.165) is 11.0 Å². The summed E-state index contributed by atoms with van der Waals surface area (Å²) >= 11 is 3.32. The van der Waals surface area contributed by atoms with E-state index in [9.17, 15) is 9.90 Å². The number of aliphatic hydroxyl groups is 1. The number of halogens is 1. The molecule has 0 aromatic heterocycles. The molecule has 0 radical (unpaired) electrons. The molecule has 2 rings (SSSR count). The Balaban J connectivity index is 1.82. The Morgan fingerprint density at radius 1 is 1.50 bits per heavy atom. The van der Waals surface area contributed by atoms with E-state index in [2.05, 4.69) is 21.2 Å². The molecule has 0 spiro atoms. The third-order valence-corrected chi connectivity index (χ3v) is 3.33. The van der Waals surface area contributed by atoms with Crippen molar-refractivity contribution in [1.29, 1.82) is 0 Å². The molecule has 0 bridgehead atoms. The third-order valence-electron chi connectivity index (χ3n) is 2.84. The number of nitrogens with one attached hydrogen (secondary N) is 1. The van der Waals surface area contributed by atoms with Gasteiger partial charge in [0, 0.05) is 16.6 Å². The second kappa shape index (κ2) is 6.20.